The number of carbonyl (C=O) groups is 1. The smallest absolute Gasteiger partial charge is 0.258 e. The van der Waals surface area contributed by atoms with Gasteiger partial charge in [0.15, 0.2) is 0 Å². The van der Waals surface area contributed by atoms with Crippen molar-refractivity contribution < 1.29 is 13.9 Å². The van der Waals surface area contributed by atoms with Crippen LogP contribution in [0, 0.1) is 5.82 Å². The lowest BCUT2D eigenvalue weighted by molar-refractivity contribution is 0.0984. The number of fused-ring (bicyclic) bond motifs is 1. The van der Waals surface area contributed by atoms with Gasteiger partial charge in [0.05, 0.1) is 12.8 Å². The van der Waals surface area contributed by atoms with E-state index in [4.69, 9.17) is 4.74 Å². The van der Waals surface area contributed by atoms with Gasteiger partial charge in [0.2, 0.25) is 0 Å². The minimum absolute atomic E-state index is 0.177. The predicted molar refractivity (Wildman–Crippen MR) is 79.4 cm³/mol. The number of para-hydroxylation sites is 1. The average molecular weight is 285 g/mol. The molecular formula is C17H16FNO2. The number of hydrogen-bond donors (Lipinski definition) is 0. The van der Waals surface area contributed by atoms with Gasteiger partial charge in [0.25, 0.3) is 5.91 Å². The summed E-state index contributed by atoms with van der Waals surface area (Å²) in [5.41, 5.74) is 1.85. The Morgan fingerprint density at radius 2 is 1.95 bits per heavy atom. The predicted octanol–water partition coefficient (Wildman–Crippen LogP) is 3.43. The third kappa shape index (κ3) is 2.49. The molecular weight excluding hydrogens is 269 g/mol. The first kappa shape index (κ1) is 13.6. The summed E-state index contributed by atoms with van der Waals surface area (Å²) < 4.78 is 19.2. The quantitative estimate of drug-likeness (QED) is 0.846. The molecule has 0 spiro atoms. The van der Waals surface area contributed by atoms with E-state index in [2.05, 4.69) is 0 Å². The van der Waals surface area contributed by atoms with Crippen LogP contribution in [0.3, 0.4) is 0 Å². The van der Waals surface area contributed by atoms with E-state index in [1.54, 1.807) is 37.4 Å². The van der Waals surface area contributed by atoms with Crippen LogP contribution in [0.15, 0.2) is 42.5 Å². The maximum absolute atomic E-state index is 14.1. The summed E-state index contributed by atoms with van der Waals surface area (Å²) in [6.45, 7) is 0.540. The van der Waals surface area contributed by atoms with Crippen LogP contribution in [-0.2, 0) is 6.42 Å². The van der Waals surface area contributed by atoms with Gasteiger partial charge < -0.3 is 9.64 Å². The Bertz CT molecular complexity index is 667. The molecule has 4 heteroatoms. The van der Waals surface area contributed by atoms with Crippen molar-refractivity contribution in [1.82, 2.24) is 0 Å². The van der Waals surface area contributed by atoms with Gasteiger partial charge in [-0.15, -0.1) is 0 Å². The van der Waals surface area contributed by atoms with Crippen LogP contribution in [-0.4, -0.2) is 19.6 Å². The van der Waals surface area contributed by atoms with Gasteiger partial charge in [-0.2, -0.15) is 0 Å². The highest BCUT2D eigenvalue weighted by atomic mass is 19.1. The molecule has 0 aromatic heterocycles. The number of methoxy groups -OCH3 is 1. The van der Waals surface area contributed by atoms with E-state index in [1.165, 1.54) is 11.0 Å². The van der Waals surface area contributed by atoms with Crippen LogP contribution in [0.5, 0.6) is 5.75 Å². The van der Waals surface area contributed by atoms with Gasteiger partial charge in [0, 0.05) is 12.1 Å². The fourth-order valence-electron chi connectivity index (χ4n) is 2.70. The molecule has 0 unspecified atom stereocenters. The van der Waals surface area contributed by atoms with Crippen molar-refractivity contribution in [2.24, 2.45) is 0 Å². The normalized spacial score (nSPS) is 13.7. The third-order valence-corrected chi connectivity index (χ3v) is 3.75. The second-order valence-electron chi connectivity index (χ2n) is 5.04. The summed E-state index contributed by atoms with van der Waals surface area (Å²) in [5.74, 6) is 0.175. The molecule has 0 saturated heterocycles. The molecule has 0 aliphatic carbocycles. The summed E-state index contributed by atoms with van der Waals surface area (Å²) in [6, 6.07) is 11.9. The lowest BCUT2D eigenvalue weighted by atomic mass is 10.0. The topological polar surface area (TPSA) is 29.5 Å². The maximum atomic E-state index is 14.1. The first-order valence-electron chi connectivity index (χ1n) is 6.94. The Labute approximate surface area is 123 Å². The van der Waals surface area contributed by atoms with Gasteiger partial charge in [-0.05, 0) is 48.7 Å². The van der Waals surface area contributed by atoms with Gasteiger partial charge in [0.1, 0.15) is 11.6 Å². The highest BCUT2D eigenvalue weighted by Gasteiger charge is 2.26. The van der Waals surface area contributed by atoms with E-state index >= 15 is 0 Å². The molecule has 0 saturated carbocycles. The number of ether oxygens (including phenoxy) is 1. The number of nitrogens with zero attached hydrogens (tertiary/aromatic N) is 1. The zero-order valence-electron chi connectivity index (χ0n) is 11.8. The highest BCUT2D eigenvalue weighted by Crippen LogP contribution is 2.31. The standard InChI is InChI=1S/C17H16FNO2/c1-21-14-9-7-13(8-10-14)17(20)19-11-3-5-12-4-2-6-15(18)16(12)19/h2,4,6-10H,3,5,11H2,1H3. The zero-order chi connectivity index (χ0) is 14.8. The van der Waals surface area contributed by atoms with Crippen molar-refractivity contribution in [2.75, 3.05) is 18.6 Å². The SMILES string of the molecule is COc1ccc(C(=O)N2CCCc3cccc(F)c32)cc1. The number of carbonyl (C=O) groups excluding carboxylic acids is 1. The molecule has 1 amide bonds. The van der Waals surface area contributed by atoms with Gasteiger partial charge in [-0.25, -0.2) is 4.39 Å². The van der Waals surface area contributed by atoms with Gasteiger partial charge in [-0.3, -0.25) is 4.79 Å². The molecule has 0 atom stereocenters. The molecule has 2 aromatic rings. The molecule has 0 fully saturated rings. The van der Waals surface area contributed by atoms with Crippen molar-refractivity contribution in [3.8, 4) is 5.75 Å². The summed E-state index contributed by atoms with van der Waals surface area (Å²) in [4.78, 5) is 14.2. The van der Waals surface area contributed by atoms with E-state index in [0.29, 0.717) is 23.5 Å². The Balaban J connectivity index is 1.96. The minimum atomic E-state index is -0.339. The first-order chi connectivity index (χ1) is 10.2. The summed E-state index contributed by atoms with van der Waals surface area (Å²) in [6.07, 6.45) is 1.65. The van der Waals surface area contributed by atoms with E-state index < -0.39 is 0 Å². The van der Waals surface area contributed by atoms with Crippen LogP contribution >= 0.6 is 0 Å². The zero-order valence-corrected chi connectivity index (χ0v) is 11.8. The minimum Gasteiger partial charge on any atom is -0.497 e. The van der Waals surface area contributed by atoms with E-state index in [9.17, 15) is 9.18 Å². The van der Waals surface area contributed by atoms with E-state index in [0.717, 1.165) is 18.4 Å². The fourth-order valence-corrected chi connectivity index (χ4v) is 2.70. The molecule has 3 nitrogen and oxygen atoms in total. The molecule has 0 N–H and O–H groups in total. The summed E-state index contributed by atoms with van der Waals surface area (Å²) >= 11 is 0. The molecule has 2 aromatic carbocycles. The van der Waals surface area contributed by atoms with E-state index in [1.807, 2.05) is 6.07 Å². The van der Waals surface area contributed by atoms with Gasteiger partial charge >= 0.3 is 0 Å². The Kier molecular flexibility index (Phi) is 3.60. The molecule has 1 heterocycles. The third-order valence-electron chi connectivity index (χ3n) is 3.75. The van der Waals surface area contributed by atoms with Crippen LogP contribution < -0.4 is 9.64 Å². The number of amides is 1. The Morgan fingerprint density at radius 1 is 1.19 bits per heavy atom. The van der Waals surface area contributed by atoms with Crippen LogP contribution in [0.1, 0.15) is 22.3 Å². The summed E-state index contributed by atoms with van der Waals surface area (Å²) in [7, 11) is 1.58. The average Bonchev–Trinajstić information content (AvgIpc) is 2.54. The maximum Gasteiger partial charge on any atom is 0.258 e. The van der Waals surface area contributed by atoms with Crippen molar-refractivity contribution in [3.05, 3.63) is 59.4 Å². The number of aryl methyl sites for hydroxylation is 1. The second-order valence-corrected chi connectivity index (χ2v) is 5.04. The number of hydrogen-bond acceptors (Lipinski definition) is 2. The Hall–Kier alpha value is -2.36. The van der Waals surface area contributed by atoms with Crippen molar-refractivity contribution in [1.29, 1.82) is 0 Å². The monoisotopic (exact) mass is 285 g/mol. The second kappa shape index (κ2) is 5.56. The first-order valence-corrected chi connectivity index (χ1v) is 6.94. The van der Waals surface area contributed by atoms with Crippen LogP contribution in [0.25, 0.3) is 0 Å². The molecule has 21 heavy (non-hydrogen) atoms. The van der Waals surface area contributed by atoms with Crippen LogP contribution in [0.2, 0.25) is 0 Å². The van der Waals surface area contributed by atoms with Crippen molar-refractivity contribution in [3.63, 3.8) is 0 Å². The fraction of sp³-hybridized carbons (Fsp3) is 0.235. The molecule has 3 rings (SSSR count). The molecule has 1 aliphatic heterocycles. The van der Waals surface area contributed by atoms with E-state index in [-0.39, 0.29) is 11.7 Å². The Morgan fingerprint density at radius 3 is 2.67 bits per heavy atom. The molecule has 108 valence electrons. The van der Waals surface area contributed by atoms with Crippen molar-refractivity contribution >= 4 is 11.6 Å². The number of halogens is 1. The number of anilines is 1. The largest absolute Gasteiger partial charge is 0.497 e. The molecule has 0 bridgehead atoms. The van der Waals surface area contributed by atoms with Crippen molar-refractivity contribution in [2.45, 2.75) is 12.8 Å². The molecule has 1 aliphatic rings. The highest BCUT2D eigenvalue weighted by molar-refractivity contribution is 6.06. The van der Waals surface area contributed by atoms with Crippen LogP contribution in [0.4, 0.5) is 10.1 Å². The lowest BCUT2D eigenvalue weighted by Crippen LogP contribution is -2.36. The number of benzene rings is 2. The molecule has 0 radical (unpaired) electrons. The lowest BCUT2D eigenvalue weighted by Gasteiger charge is -2.29. The summed E-state index contributed by atoms with van der Waals surface area (Å²) in [5, 5.41) is 0. The number of rotatable bonds is 2. The van der Waals surface area contributed by atoms with Gasteiger partial charge in [-0.1, -0.05) is 12.1 Å².